The third-order valence-corrected chi connectivity index (χ3v) is 2.48. The van der Waals surface area contributed by atoms with Crippen LogP contribution in [0.3, 0.4) is 0 Å². The fourth-order valence-corrected chi connectivity index (χ4v) is 1.78. The molecule has 0 aliphatic heterocycles. The van der Waals surface area contributed by atoms with Crippen LogP contribution in [-0.2, 0) is 0 Å². The fourth-order valence-electron chi connectivity index (χ4n) is 1.78. The molecule has 1 atom stereocenters. The van der Waals surface area contributed by atoms with E-state index < -0.39 is 0 Å². The molecule has 0 aliphatic carbocycles. The molecule has 3 heteroatoms. The Bertz CT molecular complexity index is 276. The Balaban J connectivity index is 2.82. The highest BCUT2D eigenvalue weighted by molar-refractivity contribution is 5.26. The predicted molar refractivity (Wildman–Crippen MR) is 58.5 cm³/mol. The minimum atomic E-state index is 0.483. The van der Waals surface area contributed by atoms with E-state index in [0.29, 0.717) is 5.92 Å². The lowest BCUT2D eigenvalue weighted by Crippen LogP contribution is -2.21. The van der Waals surface area contributed by atoms with Gasteiger partial charge in [0.15, 0.2) is 0 Å². The Labute approximate surface area is 86.0 Å². The lowest BCUT2D eigenvalue weighted by atomic mass is 9.98. The first-order valence-electron chi connectivity index (χ1n) is 5.15. The first-order chi connectivity index (χ1) is 6.66. The van der Waals surface area contributed by atoms with E-state index in [2.05, 4.69) is 29.1 Å². The summed E-state index contributed by atoms with van der Waals surface area (Å²) in [6.45, 7) is 10.4. The third-order valence-electron chi connectivity index (χ3n) is 2.48. The number of hydrogen-bond donors (Lipinski definition) is 1. The Morgan fingerprint density at radius 2 is 1.86 bits per heavy atom. The van der Waals surface area contributed by atoms with Gasteiger partial charge in [0, 0.05) is 17.9 Å². The summed E-state index contributed by atoms with van der Waals surface area (Å²) >= 11 is 0. The Hall–Kier alpha value is -0.960. The topological polar surface area (TPSA) is 37.8 Å². The lowest BCUT2D eigenvalue weighted by Gasteiger charge is -2.15. The first-order valence-corrected chi connectivity index (χ1v) is 5.15. The van der Waals surface area contributed by atoms with Crippen molar-refractivity contribution in [3.05, 3.63) is 23.3 Å². The van der Waals surface area contributed by atoms with Crippen molar-refractivity contribution in [2.45, 2.75) is 33.6 Å². The molecule has 1 aromatic rings. The summed E-state index contributed by atoms with van der Waals surface area (Å²) in [5.74, 6) is 0.483. The number of aromatic nitrogens is 2. The van der Waals surface area contributed by atoms with Crippen molar-refractivity contribution >= 4 is 0 Å². The maximum atomic E-state index is 4.23. The van der Waals surface area contributed by atoms with Crippen molar-refractivity contribution in [1.82, 2.24) is 15.3 Å². The molecular formula is C11H19N3. The highest BCUT2D eigenvalue weighted by Crippen LogP contribution is 2.19. The van der Waals surface area contributed by atoms with Gasteiger partial charge in [-0.2, -0.15) is 0 Å². The van der Waals surface area contributed by atoms with Gasteiger partial charge in [-0.05, 0) is 31.9 Å². The number of nitrogens with zero attached hydrogens (tertiary/aromatic N) is 2. The van der Waals surface area contributed by atoms with Crippen LogP contribution in [0.25, 0.3) is 0 Å². The molecule has 0 spiro atoms. The second kappa shape index (κ2) is 5.05. The molecule has 1 unspecified atom stereocenters. The molecule has 14 heavy (non-hydrogen) atoms. The molecule has 1 aromatic heterocycles. The molecule has 1 heterocycles. The van der Waals surface area contributed by atoms with Gasteiger partial charge in [0.25, 0.3) is 0 Å². The summed E-state index contributed by atoms with van der Waals surface area (Å²) in [5.41, 5.74) is 3.49. The second-order valence-electron chi connectivity index (χ2n) is 3.67. The van der Waals surface area contributed by atoms with Crippen LogP contribution < -0.4 is 5.32 Å². The number of hydrogen-bond acceptors (Lipinski definition) is 3. The zero-order valence-electron chi connectivity index (χ0n) is 9.46. The summed E-state index contributed by atoms with van der Waals surface area (Å²) in [5, 5.41) is 3.35. The molecule has 0 saturated carbocycles. The van der Waals surface area contributed by atoms with Gasteiger partial charge in [0.2, 0.25) is 0 Å². The molecular weight excluding hydrogens is 174 g/mol. The number of likely N-dealkylation sites (N-methyl/N-ethyl adjacent to an activating group) is 1. The van der Waals surface area contributed by atoms with Gasteiger partial charge in [-0.15, -0.1) is 0 Å². The maximum Gasteiger partial charge on any atom is 0.115 e. The monoisotopic (exact) mass is 193 g/mol. The summed E-state index contributed by atoms with van der Waals surface area (Å²) in [4.78, 5) is 8.46. The van der Waals surface area contributed by atoms with Gasteiger partial charge < -0.3 is 5.32 Å². The van der Waals surface area contributed by atoms with Crippen molar-refractivity contribution in [1.29, 1.82) is 0 Å². The number of aryl methyl sites for hydroxylation is 2. The van der Waals surface area contributed by atoms with Crippen LogP contribution in [-0.4, -0.2) is 23.1 Å². The minimum Gasteiger partial charge on any atom is -0.316 e. The standard InChI is InChI=1S/C11H19N3/c1-5-12-6-8(2)11-9(3)13-7-14-10(11)4/h7-8,12H,5-6H2,1-4H3. The average molecular weight is 193 g/mol. The van der Waals surface area contributed by atoms with Gasteiger partial charge in [-0.1, -0.05) is 13.8 Å². The smallest absolute Gasteiger partial charge is 0.115 e. The summed E-state index contributed by atoms with van der Waals surface area (Å²) in [7, 11) is 0. The van der Waals surface area contributed by atoms with E-state index in [1.54, 1.807) is 6.33 Å². The molecule has 1 rings (SSSR count). The zero-order valence-corrected chi connectivity index (χ0v) is 9.46. The van der Waals surface area contributed by atoms with E-state index >= 15 is 0 Å². The summed E-state index contributed by atoms with van der Waals surface area (Å²) in [6, 6.07) is 0. The van der Waals surface area contributed by atoms with Crippen LogP contribution in [0, 0.1) is 13.8 Å². The predicted octanol–water partition coefficient (Wildman–Crippen LogP) is 1.81. The zero-order chi connectivity index (χ0) is 10.6. The molecule has 1 N–H and O–H groups in total. The highest BCUT2D eigenvalue weighted by Gasteiger charge is 2.11. The Kier molecular flexibility index (Phi) is 4.01. The van der Waals surface area contributed by atoms with Crippen molar-refractivity contribution in [2.24, 2.45) is 0 Å². The number of nitrogens with one attached hydrogen (secondary N) is 1. The van der Waals surface area contributed by atoms with Crippen LogP contribution in [0.15, 0.2) is 6.33 Å². The van der Waals surface area contributed by atoms with Gasteiger partial charge in [0.1, 0.15) is 6.33 Å². The van der Waals surface area contributed by atoms with E-state index in [0.717, 1.165) is 24.5 Å². The van der Waals surface area contributed by atoms with E-state index in [-0.39, 0.29) is 0 Å². The molecule has 0 bridgehead atoms. The van der Waals surface area contributed by atoms with Gasteiger partial charge in [-0.25, -0.2) is 9.97 Å². The minimum absolute atomic E-state index is 0.483. The van der Waals surface area contributed by atoms with Crippen molar-refractivity contribution in [3.8, 4) is 0 Å². The van der Waals surface area contributed by atoms with Crippen LogP contribution in [0.4, 0.5) is 0 Å². The number of rotatable bonds is 4. The van der Waals surface area contributed by atoms with Crippen LogP contribution in [0.5, 0.6) is 0 Å². The fraction of sp³-hybridized carbons (Fsp3) is 0.636. The summed E-state index contributed by atoms with van der Waals surface area (Å²) < 4.78 is 0. The van der Waals surface area contributed by atoms with Gasteiger partial charge in [0.05, 0.1) is 0 Å². The first kappa shape index (κ1) is 11.1. The SMILES string of the molecule is CCNCC(C)c1c(C)ncnc1C. The molecule has 0 aromatic carbocycles. The van der Waals surface area contributed by atoms with Crippen molar-refractivity contribution in [2.75, 3.05) is 13.1 Å². The Morgan fingerprint density at radius 1 is 1.29 bits per heavy atom. The van der Waals surface area contributed by atoms with E-state index in [1.165, 1.54) is 5.56 Å². The van der Waals surface area contributed by atoms with E-state index in [1.807, 2.05) is 13.8 Å². The van der Waals surface area contributed by atoms with E-state index in [4.69, 9.17) is 0 Å². The lowest BCUT2D eigenvalue weighted by molar-refractivity contribution is 0.624. The normalized spacial score (nSPS) is 12.9. The van der Waals surface area contributed by atoms with Crippen LogP contribution in [0.1, 0.15) is 36.7 Å². The molecule has 3 nitrogen and oxygen atoms in total. The van der Waals surface area contributed by atoms with Crippen molar-refractivity contribution in [3.63, 3.8) is 0 Å². The summed E-state index contributed by atoms with van der Waals surface area (Å²) in [6.07, 6.45) is 1.63. The molecule has 0 saturated heterocycles. The largest absolute Gasteiger partial charge is 0.316 e. The third kappa shape index (κ3) is 2.51. The Morgan fingerprint density at radius 3 is 2.36 bits per heavy atom. The highest BCUT2D eigenvalue weighted by atomic mass is 14.9. The average Bonchev–Trinajstić information content (AvgIpc) is 2.14. The van der Waals surface area contributed by atoms with Crippen LogP contribution >= 0.6 is 0 Å². The molecule has 0 amide bonds. The molecule has 0 aliphatic rings. The van der Waals surface area contributed by atoms with Crippen LogP contribution in [0.2, 0.25) is 0 Å². The molecule has 0 fully saturated rings. The van der Waals surface area contributed by atoms with Crippen molar-refractivity contribution < 1.29 is 0 Å². The quantitative estimate of drug-likeness (QED) is 0.792. The maximum absolute atomic E-state index is 4.23. The van der Waals surface area contributed by atoms with E-state index in [9.17, 15) is 0 Å². The van der Waals surface area contributed by atoms with Gasteiger partial charge in [-0.3, -0.25) is 0 Å². The van der Waals surface area contributed by atoms with Gasteiger partial charge >= 0.3 is 0 Å². The second-order valence-corrected chi connectivity index (χ2v) is 3.67. The molecule has 0 radical (unpaired) electrons. The molecule has 78 valence electrons.